The normalized spacial score (nSPS) is 17.7. The molecule has 3 rings (SSSR count). The Morgan fingerprint density at radius 3 is 2.64 bits per heavy atom. The number of hydrogen-bond acceptors (Lipinski definition) is 3. The van der Waals surface area contributed by atoms with Crippen LogP contribution in [-0.4, -0.2) is 34.9 Å². The van der Waals surface area contributed by atoms with Crippen molar-refractivity contribution in [3.8, 4) is 5.69 Å². The maximum atomic E-state index is 13.5. The Hall–Kier alpha value is -2.42. The number of alkyl halides is 3. The second-order valence-corrected chi connectivity index (χ2v) is 5.64. The molecule has 0 spiro atoms. The second-order valence-electron chi connectivity index (χ2n) is 5.64. The minimum atomic E-state index is -4.80. The van der Waals surface area contributed by atoms with Crippen LogP contribution in [0.5, 0.6) is 0 Å². The number of aromatic nitrogens is 2. The summed E-state index contributed by atoms with van der Waals surface area (Å²) in [6.07, 6.45) is -2.53. The number of amides is 1. The fourth-order valence-corrected chi connectivity index (χ4v) is 2.67. The van der Waals surface area contributed by atoms with E-state index >= 15 is 0 Å². The van der Waals surface area contributed by atoms with Gasteiger partial charge in [0.15, 0.2) is 5.69 Å². The third-order valence-corrected chi connectivity index (χ3v) is 3.87. The van der Waals surface area contributed by atoms with Crippen LogP contribution in [0.3, 0.4) is 0 Å². The molecule has 1 atom stereocenters. The van der Waals surface area contributed by atoms with Crippen LogP contribution < -0.4 is 5.32 Å². The zero-order valence-electron chi connectivity index (χ0n) is 13.0. The molecule has 1 N–H and O–H groups in total. The van der Waals surface area contributed by atoms with Gasteiger partial charge in [0, 0.05) is 13.2 Å². The largest absolute Gasteiger partial charge is 0.434 e. The highest BCUT2D eigenvalue weighted by molar-refractivity contribution is 5.95. The SMILES string of the molecule is O=C(NC[C@@H]1CCCO1)c1cnn(-c2ccc(F)cc2)c1C(F)(F)F. The quantitative estimate of drug-likeness (QED) is 0.856. The Balaban J connectivity index is 1.88. The lowest BCUT2D eigenvalue weighted by atomic mass is 10.2. The monoisotopic (exact) mass is 357 g/mol. The lowest BCUT2D eigenvalue weighted by Gasteiger charge is -2.14. The number of carbonyl (C=O) groups excluding carboxylic acids is 1. The van der Waals surface area contributed by atoms with Gasteiger partial charge < -0.3 is 10.1 Å². The van der Waals surface area contributed by atoms with Crippen molar-refractivity contribution in [2.75, 3.05) is 13.2 Å². The van der Waals surface area contributed by atoms with E-state index in [1.807, 2.05) is 0 Å². The van der Waals surface area contributed by atoms with Gasteiger partial charge in [-0.15, -0.1) is 0 Å². The van der Waals surface area contributed by atoms with Crippen molar-refractivity contribution < 1.29 is 27.1 Å². The van der Waals surface area contributed by atoms with Gasteiger partial charge in [0.1, 0.15) is 5.82 Å². The lowest BCUT2D eigenvalue weighted by Crippen LogP contribution is -2.33. The third-order valence-electron chi connectivity index (χ3n) is 3.87. The molecule has 1 amide bonds. The maximum absolute atomic E-state index is 13.5. The van der Waals surface area contributed by atoms with Gasteiger partial charge in [-0.2, -0.15) is 18.3 Å². The summed E-state index contributed by atoms with van der Waals surface area (Å²) in [5.41, 5.74) is -1.79. The molecule has 0 saturated carbocycles. The number of rotatable bonds is 4. The molecule has 1 fully saturated rings. The molecule has 0 radical (unpaired) electrons. The maximum Gasteiger partial charge on any atom is 0.434 e. The average Bonchev–Trinajstić information content (AvgIpc) is 3.22. The number of ether oxygens (including phenoxy) is 1. The van der Waals surface area contributed by atoms with E-state index in [-0.39, 0.29) is 18.3 Å². The van der Waals surface area contributed by atoms with Crippen LogP contribution in [0.15, 0.2) is 30.5 Å². The summed E-state index contributed by atoms with van der Waals surface area (Å²) in [4.78, 5) is 12.2. The predicted molar refractivity (Wildman–Crippen MR) is 79.8 cm³/mol. The zero-order valence-corrected chi connectivity index (χ0v) is 13.0. The van der Waals surface area contributed by atoms with E-state index in [1.54, 1.807) is 0 Å². The summed E-state index contributed by atoms with van der Waals surface area (Å²) in [5, 5.41) is 6.12. The van der Waals surface area contributed by atoms with Crippen LogP contribution in [-0.2, 0) is 10.9 Å². The highest BCUT2D eigenvalue weighted by atomic mass is 19.4. The van der Waals surface area contributed by atoms with Crippen LogP contribution in [0, 0.1) is 5.82 Å². The van der Waals surface area contributed by atoms with Crippen molar-refractivity contribution in [2.45, 2.75) is 25.1 Å². The van der Waals surface area contributed by atoms with E-state index in [1.165, 1.54) is 0 Å². The van der Waals surface area contributed by atoms with Crippen LogP contribution >= 0.6 is 0 Å². The molecule has 5 nitrogen and oxygen atoms in total. The fraction of sp³-hybridized carbons (Fsp3) is 0.375. The van der Waals surface area contributed by atoms with Crippen LogP contribution in [0.1, 0.15) is 28.9 Å². The van der Waals surface area contributed by atoms with E-state index in [0.29, 0.717) is 11.3 Å². The smallest absolute Gasteiger partial charge is 0.376 e. The first-order valence-corrected chi connectivity index (χ1v) is 7.67. The van der Waals surface area contributed by atoms with Gasteiger partial charge in [-0.05, 0) is 37.1 Å². The van der Waals surface area contributed by atoms with Crippen molar-refractivity contribution in [3.05, 3.63) is 47.5 Å². The third kappa shape index (κ3) is 3.81. The Morgan fingerprint density at radius 1 is 1.32 bits per heavy atom. The molecule has 1 saturated heterocycles. The van der Waals surface area contributed by atoms with Crippen molar-refractivity contribution in [2.24, 2.45) is 0 Å². The fourth-order valence-electron chi connectivity index (χ4n) is 2.67. The van der Waals surface area contributed by atoms with E-state index in [4.69, 9.17) is 4.74 Å². The van der Waals surface area contributed by atoms with Crippen LogP contribution in [0.2, 0.25) is 0 Å². The Labute approximate surface area is 140 Å². The Morgan fingerprint density at radius 2 is 2.04 bits per heavy atom. The van der Waals surface area contributed by atoms with E-state index in [0.717, 1.165) is 43.3 Å². The summed E-state index contributed by atoms with van der Waals surface area (Å²) < 4.78 is 59.3. The van der Waals surface area contributed by atoms with Gasteiger partial charge in [-0.1, -0.05) is 0 Å². The van der Waals surface area contributed by atoms with Crippen molar-refractivity contribution in [3.63, 3.8) is 0 Å². The first-order chi connectivity index (χ1) is 11.9. The molecular formula is C16H15F4N3O2. The lowest BCUT2D eigenvalue weighted by molar-refractivity contribution is -0.143. The number of nitrogens with one attached hydrogen (secondary N) is 1. The zero-order chi connectivity index (χ0) is 18.0. The van der Waals surface area contributed by atoms with Gasteiger partial charge >= 0.3 is 6.18 Å². The number of halogens is 4. The number of benzene rings is 1. The summed E-state index contributed by atoms with van der Waals surface area (Å²) in [6.45, 7) is 0.717. The topological polar surface area (TPSA) is 56.1 Å². The molecule has 2 heterocycles. The summed E-state index contributed by atoms with van der Waals surface area (Å²) in [6, 6.07) is 4.36. The number of nitrogens with zero attached hydrogens (tertiary/aromatic N) is 2. The summed E-state index contributed by atoms with van der Waals surface area (Å²) in [5.74, 6) is -1.46. The molecular weight excluding hydrogens is 342 g/mol. The minimum absolute atomic E-state index is 0.00639. The molecule has 0 bridgehead atoms. The average molecular weight is 357 g/mol. The standard InChI is InChI=1S/C16H15F4N3O2/c17-10-3-5-11(6-4-10)23-14(16(18,19)20)13(9-22-23)15(24)21-8-12-2-1-7-25-12/h3-6,9,12H,1-2,7-8H2,(H,21,24)/t12-/m0/s1. The number of carbonyl (C=O) groups is 1. The van der Waals surface area contributed by atoms with E-state index in [9.17, 15) is 22.4 Å². The minimum Gasteiger partial charge on any atom is -0.376 e. The van der Waals surface area contributed by atoms with Crippen molar-refractivity contribution in [1.29, 1.82) is 0 Å². The van der Waals surface area contributed by atoms with Crippen LogP contribution in [0.25, 0.3) is 5.69 Å². The summed E-state index contributed by atoms with van der Waals surface area (Å²) >= 11 is 0. The van der Waals surface area contributed by atoms with Crippen molar-refractivity contribution >= 4 is 5.91 Å². The Bertz CT molecular complexity index is 750. The molecule has 0 aliphatic carbocycles. The second kappa shape index (κ2) is 6.83. The van der Waals surface area contributed by atoms with Gasteiger partial charge in [0.2, 0.25) is 0 Å². The first kappa shape index (κ1) is 17.4. The summed E-state index contributed by atoms with van der Waals surface area (Å²) in [7, 11) is 0. The van der Waals surface area contributed by atoms with Gasteiger partial charge in [-0.25, -0.2) is 9.07 Å². The highest BCUT2D eigenvalue weighted by Gasteiger charge is 2.40. The molecule has 134 valence electrons. The van der Waals surface area contributed by atoms with Crippen molar-refractivity contribution in [1.82, 2.24) is 15.1 Å². The van der Waals surface area contributed by atoms with Gasteiger partial charge in [0.25, 0.3) is 5.91 Å². The predicted octanol–water partition coefficient (Wildman–Crippen LogP) is 2.94. The molecule has 1 aromatic carbocycles. The van der Waals surface area contributed by atoms with Crippen LogP contribution in [0.4, 0.5) is 17.6 Å². The molecule has 0 unspecified atom stereocenters. The van der Waals surface area contributed by atoms with E-state index in [2.05, 4.69) is 10.4 Å². The molecule has 25 heavy (non-hydrogen) atoms. The van der Waals surface area contributed by atoms with Gasteiger partial charge in [0.05, 0.1) is 23.6 Å². The first-order valence-electron chi connectivity index (χ1n) is 7.67. The Kier molecular flexibility index (Phi) is 4.76. The number of hydrogen-bond donors (Lipinski definition) is 1. The molecule has 9 heteroatoms. The highest BCUT2D eigenvalue weighted by Crippen LogP contribution is 2.33. The molecule has 2 aromatic rings. The molecule has 1 aliphatic rings. The molecule has 1 aromatic heterocycles. The molecule has 1 aliphatic heterocycles. The van der Waals surface area contributed by atoms with E-state index < -0.39 is 29.2 Å². The van der Waals surface area contributed by atoms with Gasteiger partial charge in [-0.3, -0.25) is 4.79 Å².